The van der Waals surface area contributed by atoms with Crippen LogP contribution in [0.5, 0.6) is 11.5 Å². The van der Waals surface area contributed by atoms with Crippen molar-refractivity contribution in [2.24, 2.45) is 0 Å². The number of methoxy groups -OCH3 is 1. The van der Waals surface area contributed by atoms with E-state index in [2.05, 4.69) is 25.6 Å². The van der Waals surface area contributed by atoms with Crippen molar-refractivity contribution < 1.29 is 23.0 Å². The maximum Gasteiger partial charge on any atom is 0.387 e. The van der Waals surface area contributed by atoms with Gasteiger partial charge in [-0.3, -0.25) is 9.89 Å². The lowest BCUT2D eigenvalue weighted by molar-refractivity contribution is -0.0504. The summed E-state index contributed by atoms with van der Waals surface area (Å²) in [5.74, 6) is 0.313. The summed E-state index contributed by atoms with van der Waals surface area (Å²) in [5, 5.41) is 13.8. The highest BCUT2D eigenvalue weighted by Crippen LogP contribution is 2.35. The first-order chi connectivity index (χ1) is 18.0. The number of aromatic nitrogens is 5. The van der Waals surface area contributed by atoms with E-state index in [0.717, 1.165) is 9.79 Å². The van der Waals surface area contributed by atoms with Crippen LogP contribution < -0.4 is 14.8 Å². The molecule has 0 aliphatic carbocycles. The highest BCUT2D eigenvalue weighted by molar-refractivity contribution is 7.99. The van der Waals surface area contributed by atoms with E-state index in [1.54, 1.807) is 37.7 Å². The van der Waals surface area contributed by atoms with Gasteiger partial charge in [-0.15, -0.1) is 0 Å². The number of nitrogens with one attached hydrogen (secondary N) is 2. The van der Waals surface area contributed by atoms with Gasteiger partial charge in [0.1, 0.15) is 17.1 Å². The molecule has 0 aliphatic rings. The summed E-state index contributed by atoms with van der Waals surface area (Å²) in [6.07, 6.45) is 6.28. The molecule has 0 fully saturated rings. The molecule has 3 heterocycles. The van der Waals surface area contributed by atoms with Crippen molar-refractivity contribution in [3.05, 3.63) is 90.1 Å². The molecule has 0 bridgehead atoms. The highest BCUT2D eigenvalue weighted by atomic mass is 32.2. The highest BCUT2D eigenvalue weighted by Gasteiger charge is 2.18. The predicted molar refractivity (Wildman–Crippen MR) is 133 cm³/mol. The number of amides is 1. The molecular formula is C25H20F2N6O3S. The second-order valence-electron chi connectivity index (χ2n) is 7.77. The van der Waals surface area contributed by atoms with E-state index >= 15 is 0 Å². The smallest absolute Gasteiger partial charge is 0.387 e. The molecule has 9 nitrogen and oxygen atoms in total. The van der Waals surface area contributed by atoms with Gasteiger partial charge in [0.15, 0.2) is 5.65 Å². The molecule has 1 amide bonds. The molecule has 0 aliphatic heterocycles. The number of ether oxygens (including phenoxy) is 2. The molecule has 2 N–H and O–H groups in total. The molecule has 0 spiro atoms. The standard InChI is InChI=1S/C25H20F2N6O3S/c1-35-16-4-2-5-17(12-16)37-18-6-7-22(36-25(26)27)15(10-18)11-20-21(14-29-32-20)31-24(34)19-13-30-33-9-3-8-28-23(19)33/h2-10,12-14,25H,11H2,1H3,(H,29,32)(H,31,34). The summed E-state index contributed by atoms with van der Waals surface area (Å²) in [6, 6.07) is 14.2. The van der Waals surface area contributed by atoms with Crippen molar-refractivity contribution in [1.82, 2.24) is 24.8 Å². The molecule has 0 radical (unpaired) electrons. The van der Waals surface area contributed by atoms with Gasteiger partial charge in [0.25, 0.3) is 5.91 Å². The number of rotatable bonds is 9. The van der Waals surface area contributed by atoms with Crippen LogP contribution in [0.2, 0.25) is 0 Å². The molecule has 188 valence electrons. The zero-order chi connectivity index (χ0) is 25.8. The zero-order valence-electron chi connectivity index (χ0n) is 19.4. The molecule has 5 aromatic rings. The summed E-state index contributed by atoms with van der Waals surface area (Å²) in [6.45, 7) is -2.99. The van der Waals surface area contributed by atoms with Gasteiger partial charge in [-0.2, -0.15) is 19.0 Å². The van der Waals surface area contributed by atoms with Crippen LogP contribution in [0.25, 0.3) is 5.65 Å². The van der Waals surface area contributed by atoms with Crippen molar-refractivity contribution in [3.63, 3.8) is 0 Å². The van der Waals surface area contributed by atoms with Crippen LogP contribution in [-0.4, -0.2) is 44.4 Å². The minimum absolute atomic E-state index is 0.0312. The Kier molecular flexibility index (Phi) is 6.99. The molecule has 0 unspecified atom stereocenters. The van der Waals surface area contributed by atoms with E-state index in [1.165, 1.54) is 34.7 Å². The van der Waals surface area contributed by atoms with E-state index in [4.69, 9.17) is 9.47 Å². The lowest BCUT2D eigenvalue weighted by Gasteiger charge is -2.13. The van der Waals surface area contributed by atoms with Gasteiger partial charge in [-0.05, 0) is 42.5 Å². The fourth-order valence-electron chi connectivity index (χ4n) is 3.69. The van der Waals surface area contributed by atoms with Crippen LogP contribution in [0.1, 0.15) is 21.6 Å². The minimum atomic E-state index is -2.99. The largest absolute Gasteiger partial charge is 0.497 e. The van der Waals surface area contributed by atoms with Gasteiger partial charge in [0, 0.05) is 34.2 Å². The third kappa shape index (κ3) is 5.54. The molecule has 0 saturated heterocycles. The van der Waals surface area contributed by atoms with Crippen molar-refractivity contribution in [3.8, 4) is 11.5 Å². The Morgan fingerprint density at radius 3 is 2.86 bits per heavy atom. The number of anilines is 1. The second-order valence-corrected chi connectivity index (χ2v) is 8.92. The molecule has 5 rings (SSSR count). The van der Waals surface area contributed by atoms with E-state index in [-0.39, 0.29) is 17.7 Å². The number of hydrogen-bond donors (Lipinski definition) is 2. The van der Waals surface area contributed by atoms with Crippen LogP contribution in [0.3, 0.4) is 0 Å². The lowest BCUT2D eigenvalue weighted by Crippen LogP contribution is -2.13. The van der Waals surface area contributed by atoms with Gasteiger partial charge in [0.05, 0.1) is 30.9 Å². The Bertz CT molecular complexity index is 1550. The predicted octanol–water partition coefficient (Wildman–Crippen LogP) is 5.06. The third-order valence-corrected chi connectivity index (χ3v) is 6.36. The summed E-state index contributed by atoms with van der Waals surface area (Å²) in [7, 11) is 1.59. The fourth-order valence-corrected chi connectivity index (χ4v) is 4.62. The quantitative estimate of drug-likeness (QED) is 0.279. The van der Waals surface area contributed by atoms with Crippen LogP contribution in [0.4, 0.5) is 14.5 Å². The van der Waals surface area contributed by atoms with Gasteiger partial charge in [-0.25, -0.2) is 9.50 Å². The first-order valence-electron chi connectivity index (χ1n) is 11.0. The summed E-state index contributed by atoms with van der Waals surface area (Å²) < 4.78 is 37.8. The van der Waals surface area contributed by atoms with Crippen LogP contribution >= 0.6 is 11.8 Å². The number of alkyl halides is 2. The average molecular weight is 523 g/mol. The van der Waals surface area contributed by atoms with Crippen LogP contribution in [-0.2, 0) is 6.42 Å². The summed E-state index contributed by atoms with van der Waals surface area (Å²) >= 11 is 1.45. The minimum Gasteiger partial charge on any atom is -0.497 e. The van der Waals surface area contributed by atoms with Crippen LogP contribution in [0.15, 0.2) is 83.1 Å². The number of carbonyl (C=O) groups excluding carboxylic acids is 1. The maximum atomic E-state index is 13.1. The molecule has 0 atom stereocenters. The number of carbonyl (C=O) groups is 1. The number of aromatic amines is 1. The zero-order valence-corrected chi connectivity index (χ0v) is 20.2. The Morgan fingerprint density at radius 1 is 1.16 bits per heavy atom. The van der Waals surface area contributed by atoms with E-state index in [9.17, 15) is 13.6 Å². The second kappa shape index (κ2) is 10.7. The summed E-state index contributed by atoms with van der Waals surface area (Å²) in [5.41, 5.74) is 2.09. The fraction of sp³-hybridized carbons (Fsp3) is 0.120. The Balaban J connectivity index is 1.40. The molecule has 37 heavy (non-hydrogen) atoms. The molecule has 2 aromatic carbocycles. The van der Waals surface area contributed by atoms with E-state index < -0.39 is 12.5 Å². The first-order valence-corrected chi connectivity index (χ1v) is 11.8. The monoisotopic (exact) mass is 522 g/mol. The number of halogens is 2. The Hall–Kier alpha value is -4.45. The van der Waals surface area contributed by atoms with Crippen molar-refractivity contribution in [2.75, 3.05) is 12.4 Å². The molecule has 12 heteroatoms. The topological polar surface area (TPSA) is 106 Å². The van der Waals surface area contributed by atoms with Gasteiger partial charge < -0.3 is 14.8 Å². The van der Waals surface area contributed by atoms with Crippen molar-refractivity contribution in [1.29, 1.82) is 0 Å². The van der Waals surface area contributed by atoms with E-state index in [1.807, 2.05) is 24.3 Å². The van der Waals surface area contributed by atoms with Crippen molar-refractivity contribution in [2.45, 2.75) is 22.8 Å². The Morgan fingerprint density at radius 2 is 2.03 bits per heavy atom. The Labute approximate surface area is 213 Å². The van der Waals surface area contributed by atoms with Crippen LogP contribution in [0, 0.1) is 0 Å². The number of benzene rings is 2. The molecule has 3 aromatic heterocycles. The SMILES string of the molecule is COc1cccc(Sc2ccc(OC(F)F)c(Cc3[nH]ncc3NC(=O)c3cnn4cccnc34)c2)c1. The maximum absolute atomic E-state index is 13.1. The lowest BCUT2D eigenvalue weighted by atomic mass is 10.1. The normalized spacial score (nSPS) is 11.1. The van der Waals surface area contributed by atoms with Gasteiger partial charge in [-0.1, -0.05) is 17.8 Å². The number of H-pyrrole nitrogens is 1. The number of nitrogens with zero attached hydrogens (tertiary/aromatic N) is 4. The molecule has 0 saturated carbocycles. The third-order valence-electron chi connectivity index (χ3n) is 5.38. The van der Waals surface area contributed by atoms with Crippen molar-refractivity contribution >= 4 is 29.0 Å². The number of hydrogen-bond acceptors (Lipinski definition) is 7. The average Bonchev–Trinajstić information content (AvgIpc) is 3.52. The van der Waals surface area contributed by atoms with E-state index in [0.29, 0.717) is 28.3 Å². The summed E-state index contributed by atoms with van der Waals surface area (Å²) in [4.78, 5) is 18.9. The first kappa shape index (κ1) is 24.3. The molecular weight excluding hydrogens is 502 g/mol. The van der Waals surface area contributed by atoms with Gasteiger partial charge >= 0.3 is 6.61 Å². The number of fused-ring (bicyclic) bond motifs is 1. The van der Waals surface area contributed by atoms with Gasteiger partial charge in [0.2, 0.25) is 0 Å².